The molecule has 0 bridgehead atoms. The number of nitrogens with zero attached hydrogens (tertiary/aromatic N) is 1. The monoisotopic (exact) mass is 193 g/mol. The van der Waals surface area contributed by atoms with Crippen molar-refractivity contribution in [3.8, 4) is 5.75 Å². The highest BCUT2D eigenvalue weighted by Crippen LogP contribution is 2.15. The second kappa shape index (κ2) is 4.19. The molecule has 1 aliphatic rings. The largest absolute Gasteiger partial charge is 0.486 e. The fourth-order valence-corrected chi connectivity index (χ4v) is 1.33. The number of aldehydes is 1. The second-order valence-electron chi connectivity index (χ2n) is 3.14. The molecule has 0 amide bonds. The van der Waals surface area contributed by atoms with Crippen LogP contribution in [0.25, 0.3) is 0 Å². The van der Waals surface area contributed by atoms with Gasteiger partial charge in [-0.3, -0.25) is 4.79 Å². The zero-order valence-corrected chi connectivity index (χ0v) is 7.68. The van der Waals surface area contributed by atoms with Gasteiger partial charge in [0.15, 0.2) is 6.29 Å². The van der Waals surface area contributed by atoms with Crippen LogP contribution in [0.5, 0.6) is 5.75 Å². The Balaban J connectivity index is 1.98. The van der Waals surface area contributed by atoms with Crippen molar-refractivity contribution in [1.82, 2.24) is 4.98 Å². The van der Waals surface area contributed by atoms with E-state index in [0.29, 0.717) is 24.3 Å². The summed E-state index contributed by atoms with van der Waals surface area (Å²) >= 11 is 0. The van der Waals surface area contributed by atoms with Gasteiger partial charge in [-0.2, -0.15) is 0 Å². The van der Waals surface area contributed by atoms with Crippen molar-refractivity contribution < 1.29 is 14.3 Å². The zero-order chi connectivity index (χ0) is 9.80. The average molecular weight is 193 g/mol. The first-order valence-corrected chi connectivity index (χ1v) is 4.54. The van der Waals surface area contributed by atoms with Crippen LogP contribution >= 0.6 is 0 Å². The molecule has 74 valence electrons. The van der Waals surface area contributed by atoms with Gasteiger partial charge in [0.25, 0.3) is 0 Å². The fourth-order valence-electron chi connectivity index (χ4n) is 1.33. The lowest BCUT2D eigenvalue weighted by Crippen LogP contribution is -2.15. The van der Waals surface area contributed by atoms with Crippen LogP contribution in [0.3, 0.4) is 0 Å². The SMILES string of the molecule is O=Cc1ccc(OC2CCOC2)cn1. The van der Waals surface area contributed by atoms with E-state index in [0.717, 1.165) is 13.0 Å². The molecule has 0 radical (unpaired) electrons. The highest BCUT2D eigenvalue weighted by molar-refractivity contribution is 5.71. The number of carbonyl (C=O) groups excluding carboxylic acids is 1. The lowest BCUT2D eigenvalue weighted by Gasteiger charge is -2.10. The van der Waals surface area contributed by atoms with E-state index in [9.17, 15) is 4.79 Å². The van der Waals surface area contributed by atoms with Crippen LogP contribution in [0.15, 0.2) is 18.3 Å². The first-order chi connectivity index (χ1) is 6.88. The normalized spacial score (nSPS) is 20.7. The van der Waals surface area contributed by atoms with Crippen LogP contribution in [0, 0.1) is 0 Å². The van der Waals surface area contributed by atoms with Gasteiger partial charge in [-0.15, -0.1) is 0 Å². The van der Waals surface area contributed by atoms with Crippen LogP contribution < -0.4 is 4.74 Å². The molecule has 1 saturated heterocycles. The Morgan fingerprint density at radius 1 is 1.57 bits per heavy atom. The highest BCUT2D eigenvalue weighted by atomic mass is 16.5. The smallest absolute Gasteiger partial charge is 0.168 e. The van der Waals surface area contributed by atoms with Crippen molar-refractivity contribution >= 4 is 6.29 Å². The number of rotatable bonds is 3. The van der Waals surface area contributed by atoms with E-state index in [-0.39, 0.29) is 6.10 Å². The third kappa shape index (κ3) is 2.09. The Bertz CT molecular complexity index is 304. The van der Waals surface area contributed by atoms with Gasteiger partial charge in [-0.25, -0.2) is 4.98 Å². The van der Waals surface area contributed by atoms with Crippen molar-refractivity contribution in [3.05, 3.63) is 24.0 Å². The van der Waals surface area contributed by atoms with Gasteiger partial charge in [0, 0.05) is 6.42 Å². The third-order valence-corrected chi connectivity index (χ3v) is 2.07. The number of carbonyl (C=O) groups is 1. The molecule has 0 saturated carbocycles. The Morgan fingerprint density at radius 2 is 2.50 bits per heavy atom. The molecule has 1 aromatic heterocycles. The van der Waals surface area contributed by atoms with Crippen LogP contribution in [0.2, 0.25) is 0 Å². The van der Waals surface area contributed by atoms with Crippen molar-refractivity contribution in [2.24, 2.45) is 0 Å². The molecule has 0 aliphatic carbocycles. The van der Waals surface area contributed by atoms with Gasteiger partial charge >= 0.3 is 0 Å². The summed E-state index contributed by atoms with van der Waals surface area (Å²) < 4.78 is 10.7. The van der Waals surface area contributed by atoms with Gasteiger partial charge in [0.2, 0.25) is 0 Å². The van der Waals surface area contributed by atoms with E-state index in [2.05, 4.69) is 4.98 Å². The predicted molar refractivity (Wildman–Crippen MR) is 49.5 cm³/mol. The molecular formula is C10H11NO3. The van der Waals surface area contributed by atoms with E-state index in [1.165, 1.54) is 0 Å². The molecule has 4 heteroatoms. The standard InChI is InChI=1S/C10H11NO3/c12-6-8-1-2-9(5-11-8)14-10-3-4-13-7-10/h1-2,5-6,10H,3-4,7H2. The molecule has 1 fully saturated rings. The Kier molecular flexibility index (Phi) is 2.74. The molecule has 1 unspecified atom stereocenters. The maximum Gasteiger partial charge on any atom is 0.168 e. The van der Waals surface area contributed by atoms with Crippen molar-refractivity contribution in [1.29, 1.82) is 0 Å². The van der Waals surface area contributed by atoms with Crippen LogP contribution in [-0.2, 0) is 4.74 Å². The Morgan fingerprint density at radius 3 is 3.07 bits per heavy atom. The van der Waals surface area contributed by atoms with E-state index in [1.807, 2.05) is 0 Å². The summed E-state index contributed by atoms with van der Waals surface area (Å²) in [5.41, 5.74) is 0.417. The van der Waals surface area contributed by atoms with Gasteiger partial charge in [0.05, 0.1) is 19.4 Å². The summed E-state index contributed by atoms with van der Waals surface area (Å²) in [5.74, 6) is 0.686. The summed E-state index contributed by atoms with van der Waals surface area (Å²) in [6, 6.07) is 3.38. The molecule has 0 spiro atoms. The summed E-state index contributed by atoms with van der Waals surface area (Å²) in [5, 5.41) is 0. The minimum atomic E-state index is 0.124. The molecule has 4 nitrogen and oxygen atoms in total. The van der Waals surface area contributed by atoms with E-state index >= 15 is 0 Å². The van der Waals surface area contributed by atoms with Crippen molar-refractivity contribution in [3.63, 3.8) is 0 Å². The first kappa shape index (κ1) is 9.15. The van der Waals surface area contributed by atoms with Crippen LogP contribution in [0.4, 0.5) is 0 Å². The second-order valence-corrected chi connectivity index (χ2v) is 3.14. The van der Waals surface area contributed by atoms with Gasteiger partial charge in [-0.05, 0) is 12.1 Å². The number of hydrogen-bond donors (Lipinski definition) is 0. The Labute approximate surface area is 81.9 Å². The fraction of sp³-hybridized carbons (Fsp3) is 0.400. The summed E-state index contributed by atoms with van der Waals surface area (Å²) in [7, 11) is 0. The quantitative estimate of drug-likeness (QED) is 0.673. The van der Waals surface area contributed by atoms with Gasteiger partial charge in [-0.1, -0.05) is 0 Å². The molecule has 0 N–H and O–H groups in total. The summed E-state index contributed by atoms with van der Waals surface area (Å²) in [6.07, 6.45) is 3.30. The Hall–Kier alpha value is -1.42. The number of aromatic nitrogens is 1. The minimum Gasteiger partial charge on any atom is -0.486 e. The molecule has 2 heterocycles. The van der Waals surface area contributed by atoms with Crippen LogP contribution in [-0.4, -0.2) is 30.6 Å². The lowest BCUT2D eigenvalue weighted by atomic mass is 10.3. The molecule has 1 atom stereocenters. The molecule has 1 aliphatic heterocycles. The summed E-state index contributed by atoms with van der Waals surface area (Å²) in [4.78, 5) is 14.2. The number of hydrogen-bond acceptors (Lipinski definition) is 4. The first-order valence-electron chi connectivity index (χ1n) is 4.54. The van der Waals surface area contributed by atoms with Crippen molar-refractivity contribution in [2.45, 2.75) is 12.5 Å². The molecular weight excluding hydrogens is 182 g/mol. The lowest BCUT2D eigenvalue weighted by molar-refractivity contribution is 0.111. The maximum absolute atomic E-state index is 10.3. The van der Waals surface area contributed by atoms with Crippen molar-refractivity contribution in [2.75, 3.05) is 13.2 Å². The maximum atomic E-state index is 10.3. The van der Waals surface area contributed by atoms with E-state index in [4.69, 9.17) is 9.47 Å². The molecule has 14 heavy (non-hydrogen) atoms. The predicted octanol–water partition coefficient (Wildman–Crippen LogP) is 1.06. The van der Waals surface area contributed by atoms with Gasteiger partial charge < -0.3 is 9.47 Å². The zero-order valence-electron chi connectivity index (χ0n) is 7.68. The average Bonchev–Trinajstić information content (AvgIpc) is 2.72. The molecule has 0 aromatic carbocycles. The number of ether oxygens (including phenoxy) is 2. The molecule has 2 rings (SSSR count). The number of pyridine rings is 1. The third-order valence-electron chi connectivity index (χ3n) is 2.07. The molecule has 1 aromatic rings. The summed E-state index contributed by atoms with van der Waals surface area (Å²) in [6.45, 7) is 1.39. The van der Waals surface area contributed by atoms with E-state index < -0.39 is 0 Å². The van der Waals surface area contributed by atoms with Gasteiger partial charge in [0.1, 0.15) is 17.5 Å². The minimum absolute atomic E-state index is 0.124. The highest BCUT2D eigenvalue weighted by Gasteiger charge is 2.16. The topological polar surface area (TPSA) is 48.4 Å². The van der Waals surface area contributed by atoms with E-state index in [1.54, 1.807) is 18.3 Å². The van der Waals surface area contributed by atoms with Crippen LogP contribution in [0.1, 0.15) is 16.9 Å².